The van der Waals surface area contributed by atoms with Gasteiger partial charge in [0, 0.05) is 31.5 Å². The standard InChI is InChI=1S/C18H15N5OS/c1-23-11-13(10-21-23)16-12(5-4-8-19-16)9-20-17(24)18-22-14-6-2-3-7-15(14)25-18/h2-8,10-11H,9H2,1H3,(H,20,24). The minimum atomic E-state index is -0.179. The van der Waals surface area contributed by atoms with Crippen LogP contribution in [0.25, 0.3) is 21.5 Å². The van der Waals surface area contributed by atoms with E-state index in [-0.39, 0.29) is 5.91 Å². The van der Waals surface area contributed by atoms with E-state index in [9.17, 15) is 4.79 Å². The second-order valence-corrected chi connectivity index (χ2v) is 6.61. The summed E-state index contributed by atoms with van der Waals surface area (Å²) in [5.74, 6) is -0.179. The molecule has 1 aromatic carbocycles. The number of hydrogen-bond donors (Lipinski definition) is 1. The molecule has 3 heterocycles. The van der Waals surface area contributed by atoms with E-state index in [1.54, 1.807) is 17.1 Å². The van der Waals surface area contributed by atoms with Gasteiger partial charge in [0.15, 0.2) is 5.01 Å². The van der Waals surface area contributed by atoms with E-state index < -0.39 is 0 Å². The zero-order valence-electron chi connectivity index (χ0n) is 13.5. The van der Waals surface area contributed by atoms with Crippen LogP contribution < -0.4 is 5.32 Å². The van der Waals surface area contributed by atoms with Crippen molar-refractivity contribution in [3.63, 3.8) is 0 Å². The van der Waals surface area contributed by atoms with Crippen LogP contribution in [-0.2, 0) is 13.6 Å². The maximum absolute atomic E-state index is 12.4. The first kappa shape index (κ1) is 15.5. The Morgan fingerprint density at radius 1 is 1.24 bits per heavy atom. The molecule has 0 fully saturated rings. The van der Waals surface area contributed by atoms with Gasteiger partial charge in [0.1, 0.15) is 0 Å². The van der Waals surface area contributed by atoms with Crippen molar-refractivity contribution < 1.29 is 4.79 Å². The number of thiazole rings is 1. The van der Waals surface area contributed by atoms with Gasteiger partial charge < -0.3 is 5.32 Å². The molecule has 124 valence electrons. The van der Waals surface area contributed by atoms with Crippen molar-refractivity contribution in [3.8, 4) is 11.3 Å². The molecule has 25 heavy (non-hydrogen) atoms. The fourth-order valence-corrected chi connectivity index (χ4v) is 3.49. The molecule has 0 radical (unpaired) electrons. The fourth-order valence-electron chi connectivity index (χ4n) is 2.61. The lowest BCUT2D eigenvalue weighted by molar-refractivity contribution is 0.0951. The van der Waals surface area contributed by atoms with E-state index >= 15 is 0 Å². The number of carbonyl (C=O) groups is 1. The molecule has 1 N–H and O–H groups in total. The molecule has 0 atom stereocenters. The molecule has 0 saturated heterocycles. The smallest absolute Gasteiger partial charge is 0.280 e. The van der Waals surface area contributed by atoms with Gasteiger partial charge in [-0.2, -0.15) is 5.10 Å². The van der Waals surface area contributed by atoms with Crippen molar-refractivity contribution in [3.05, 3.63) is 65.6 Å². The number of amides is 1. The number of fused-ring (bicyclic) bond motifs is 1. The van der Waals surface area contributed by atoms with Gasteiger partial charge in [0.2, 0.25) is 0 Å². The molecule has 0 spiro atoms. The highest BCUT2D eigenvalue weighted by molar-refractivity contribution is 7.20. The van der Waals surface area contributed by atoms with Crippen LogP contribution in [0.3, 0.4) is 0 Å². The first-order chi connectivity index (χ1) is 12.2. The fraction of sp³-hybridized carbons (Fsp3) is 0.111. The van der Waals surface area contributed by atoms with Gasteiger partial charge in [-0.3, -0.25) is 14.5 Å². The predicted octanol–water partition coefficient (Wildman–Crippen LogP) is 3.02. The highest BCUT2D eigenvalue weighted by atomic mass is 32.1. The van der Waals surface area contributed by atoms with E-state index in [1.165, 1.54) is 11.3 Å². The second kappa shape index (κ2) is 6.45. The van der Waals surface area contributed by atoms with Crippen molar-refractivity contribution in [1.29, 1.82) is 0 Å². The Kier molecular flexibility index (Phi) is 3.99. The maximum Gasteiger partial charge on any atom is 0.280 e. The topological polar surface area (TPSA) is 72.7 Å². The lowest BCUT2D eigenvalue weighted by Gasteiger charge is -2.07. The third-order valence-corrected chi connectivity index (χ3v) is 4.83. The second-order valence-electron chi connectivity index (χ2n) is 5.58. The third kappa shape index (κ3) is 3.14. The number of nitrogens with zero attached hydrogens (tertiary/aromatic N) is 4. The molecule has 0 unspecified atom stereocenters. The van der Waals surface area contributed by atoms with Gasteiger partial charge in [-0.25, -0.2) is 4.98 Å². The Labute approximate surface area is 148 Å². The van der Waals surface area contributed by atoms with Gasteiger partial charge in [-0.15, -0.1) is 11.3 Å². The van der Waals surface area contributed by atoms with E-state index in [2.05, 4.69) is 20.4 Å². The molecule has 0 saturated carbocycles. The van der Waals surface area contributed by atoms with Gasteiger partial charge in [0.05, 0.1) is 22.1 Å². The van der Waals surface area contributed by atoms with Crippen LogP contribution in [0.4, 0.5) is 0 Å². The number of pyridine rings is 1. The number of hydrogen-bond acceptors (Lipinski definition) is 5. The van der Waals surface area contributed by atoms with Crippen LogP contribution in [-0.4, -0.2) is 25.7 Å². The summed E-state index contributed by atoms with van der Waals surface area (Å²) >= 11 is 1.39. The van der Waals surface area contributed by atoms with E-state index in [0.29, 0.717) is 11.6 Å². The summed E-state index contributed by atoms with van der Waals surface area (Å²) in [6.07, 6.45) is 5.41. The highest BCUT2D eigenvalue weighted by Gasteiger charge is 2.14. The van der Waals surface area contributed by atoms with Crippen LogP contribution in [0.1, 0.15) is 15.4 Å². The van der Waals surface area contributed by atoms with Crippen molar-refractivity contribution >= 4 is 27.5 Å². The summed E-state index contributed by atoms with van der Waals surface area (Å²) in [4.78, 5) is 21.3. The lowest BCUT2D eigenvalue weighted by Crippen LogP contribution is -2.23. The SMILES string of the molecule is Cn1cc(-c2ncccc2CNC(=O)c2nc3ccccc3s2)cn1. The average Bonchev–Trinajstić information content (AvgIpc) is 3.26. The quantitative estimate of drug-likeness (QED) is 0.615. The van der Waals surface area contributed by atoms with E-state index in [1.807, 2.05) is 49.6 Å². The Bertz CT molecular complexity index is 1020. The van der Waals surface area contributed by atoms with Crippen molar-refractivity contribution in [2.45, 2.75) is 6.54 Å². The van der Waals surface area contributed by atoms with E-state index in [4.69, 9.17) is 0 Å². The maximum atomic E-state index is 12.4. The number of para-hydroxylation sites is 1. The number of benzene rings is 1. The van der Waals surface area contributed by atoms with Crippen LogP contribution in [0.15, 0.2) is 55.0 Å². The molecule has 0 aliphatic carbocycles. The van der Waals surface area contributed by atoms with Crippen LogP contribution in [0.2, 0.25) is 0 Å². The largest absolute Gasteiger partial charge is 0.346 e. The average molecular weight is 349 g/mol. The Hall–Kier alpha value is -3.06. The first-order valence-corrected chi connectivity index (χ1v) is 8.59. The molecule has 0 aliphatic rings. The molecule has 6 nitrogen and oxygen atoms in total. The van der Waals surface area contributed by atoms with Gasteiger partial charge in [-0.1, -0.05) is 18.2 Å². The van der Waals surface area contributed by atoms with Gasteiger partial charge in [-0.05, 0) is 23.8 Å². The Balaban J connectivity index is 1.54. The number of aromatic nitrogens is 4. The number of rotatable bonds is 4. The molecule has 0 bridgehead atoms. The number of carbonyl (C=O) groups excluding carboxylic acids is 1. The molecular formula is C18H15N5OS. The summed E-state index contributed by atoms with van der Waals surface area (Å²) < 4.78 is 2.73. The molecule has 4 rings (SSSR count). The number of nitrogens with one attached hydrogen (secondary N) is 1. The van der Waals surface area contributed by atoms with Gasteiger partial charge in [0.25, 0.3) is 5.91 Å². The molecule has 0 aliphatic heterocycles. The van der Waals surface area contributed by atoms with Crippen molar-refractivity contribution in [1.82, 2.24) is 25.1 Å². The summed E-state index contributed by atoms with van der Waals surface area (Å²) in [5.41, 5.74) is 3.52. The summed E-state index contributed by atoms with van der Waals surface area (Å²) in [6.45, 7) is 0.382. The lowest BCUT2D eigenvalue weighted by atomic mass is 10.1. The monoisotopic (exact) mass is 349 g/mol. The molecule has 1 amide bonds. The number of aryl methyl sites for hydroxylation is 1. The molecular weight excluding hydrogens is 334 g/mol. The third-order valence-electron chi connectivity index (χ3n) is 3.80. The van der Waals surface area contributed by atoms with Crippen LogP contribution >= 0.6 is 11.3 Å². The van der Waals surface area contributed by atoms with Crippen LogP contribution in [0.5, 0.6) is 0 Å². The summed E-state index contributed by atoms with van der Waals surface area (Å²) in [6, 6.07) is 11.5. The molecule has 4 aromatic rings. The Morgan fingerprint density at radius 2 is 2.12 bits per heavy atom. The zero-order valence-corrected chi connectivity index (χ0v) is 14.3. The van der Waals surface area contributed by atoms with Crippen molar-refractivity contribution in [2.75, 3.05) is 0 Å². The summed E-state index contributed by atoms with van der Waals surface area (Å²) in [7, 11) is 1.86. The predicted molar refractivity (Wildman–Crippen MR) is 97.2 cm³/mol. The minimum absolute atomic E-state index is 0.179. The normalized spacial score (nSPS) is 10.9. The Morgan fingerprint density at radius 3 is 2.92 bits per heavy atom. The van der Waals surface area contributed by atoms with E-state index in [0.717, 1.165) is 27.0 Å². The zero-order chi connectivity index (χ0) is 17.2. The highest BCUT2D eigenvalue weighted by Crippen LogP contribution is 2.22. The van der Waals surface area contributed by atoms with Crippen molar-refractivity contribution in [2.24, 2.45) is 7.05 Å². The molecule has 7 heteroatoms. The minimum Gasteiger partial charge on any atom is -0.346 e. The molecule has 3 aromatic heterocycles. The van der Waals surface area contributed by atoms with Crippen LogP contribution in [0, 0.1) is 0 Å². The summed E-state index contributed by atoms with van der Waals surface area (Å²) in [5, 5.41) is 7.58. The van der Waals surface area contributed by atoms with Gasteiger partial charge >= 0.3 is 0 Å². The first-order valence-electron chi connectivity index (χ1n) is 7.77.